The average molecular weight is 610 g/mol. The van der Waals surface area contributed by atoms with Crippen molar-refractivity contribution in [3.05, 3.63) is 170 Å². The van der Waals surface area contributed by atoms with E-state index in [1.165, 1.54) is 10.8 Å². The third-order valence-electron chi connectivity index (χ3n) is 8.99. The van der Waals surface area contributed by atoms with Crippen molar-refractivity contribution in [1.82, 2.24) is 14.1 Å². The van der Waals surface area contributed by atoms with Crippen molar-refractivity contribution in [2.45, 2.75) is 0 Å². The third-order valence-corrected chi connectivity index (χ3v) is 11.9. The van der Waals surface area contributed by atoms with Gasteiger partial charge in [-0.15, -0.1) is 0 Å². The van der Waals surface area contributed by atoms with Gasteiger partial charge in [-0.05, 0) is 36.4 Å². The van der Waals surface area contributed by atoms with E-state index >= 15 is 4.57 Å². The predicted molar refractivity (Wildman–Crippen MR) is 192 cm³/mol. The van der Waals surface area contributed by atoms with E-state index in [-0.39, 0.29) is 0 Å². The third kappa shape index (κ3) is 3.87. The highest BCUT2D eigenvalue weighted by Crippen LogP contribution is 2.43. The van der Waals surface area contributed by atoms with Crippen LogP contribution in [0.15, 0.2) is 170 Å². The summed E-state index contributed by atoms with van der Waals surface area (Å²) in [7, 11) is -3.28. The molecule has 0 aliphatic rings. The number of para-hydroxylation sites is 3. The topological polar surface area (TPSA) is 39.8 Å². The maximum Gasteiger partial charge on any atom is 0.188 e. The van der Waals surface area contributed by atoms with Crippen molar-refractivity contribution in [2.75, 3.05) is 0 Å². The van der Waals surface area contributed by atoms with Gasteiger partial charge in [-0.25, -0.2) is 4.98 Å². The molecule has 3 heterocycles. The SMILES string of the molecule is O=P(c1ccccc1)(c1ccccc1)c1cccc(-n2c3ccccc3c3ccc4c5ccccc5n(-c5ccccc5)c4c32)n1. The summed E-state index contributed by atoms with van der Waals surface area (Å²) in [6, 6.07) is 57.5. The number of aromatic nitrogens is 3. The second kappa shape index (κ2) is 10.4. The lowest BCUT2D eigenvalue weighted by Gasteiger charge is -2.20. The van der Waals surface area contributed by atoms with E-state index in [9.17, 15) is 0 Å². The highest BCUT2D eigenvalue weighted by atomic mass is 31.2. The molecule has 6 aromatic carbocycles. The summed E-state index contributed by atoms with van der Waals surface area (Å²) in [6.07, 6.45) is 0. The summed E-state index contributed by atoms with van der Waals surface area (Å²) in [5.41, 5.74) is 6.03. The molecule has 5 heteroatoms. The lowest BCUT2D eigenvalue weighted by atomic mass is 10.1. The van der Waals surface area contributed by atoms with Crippen molar-refractivity contribution in [1.29, 1.82) is 0 Å². The fourth-order valence-corrected chi connectivity index (χ4v) is 9.54. The zero-order chi connectivity index (χ0) is 30.7. The van der Waals surface area contributed by atoms with Gasteiger partial charge in [0, 0.05) is 37.8 Å². The van der Waals surface area contributed by atoms with Crippen LogP contribution >= 0.6 is 7.14 Å². The summed E-state index contributed by atoms with van der Waals surface area (Å²) in [6.45, 7) is 0. The van der Waals surface area contributed by atoms with E-state index in [2.05, 4.69) is 100 Å². The molecule has 4 nitrogen and oxygen atoms in total. The van der Waals surface area contributed by atoms with E-state index in [0.29, 0.717) is 5.44 Å². The number of benzene rings is 6. The first-order valence-corrected chi connectivity index (χ1v) is 17.1. The number of pyridine rings is 1. The first-order valence-electron chi connectivity index (χ1n) is 15.4. The lowest BCUT2D eigenvalue weighted by molar-refractivity contribution is 0.592. The molecule has 0 saturated heterocycles. The van der Waals surface area contributed by atoms with E-state index < -0.39 is 7.14 Å². The van der Waals surface area contributed by atoms with Gasteiger partial charge >= 0.3 is 0 Å². The van der Waals surface area contributed by atoms with Crippen LogP contribution < -0.4 is 16.0 Å². The van der Waals surface area contributed by atoms with Crippen molar-refractivity contribution in [2.24, 2.45) is 0 Å². The molecule has 46 heavy (non-hydrogen) atoms. The second-order valence-electron chi connectivity index (χ2n) is 11.5. The molecule has 0 N–H and O–H groups in total. The molecule has 0 amide bonds. The molecule has 0 fully saturated rings. The molecule has 218 valence electrons. The van der Waals surface area contributed by atoms with E-state index in [0.717, 1.165) is 55.0 Å². The van der Waals surface area contributed by atoms with Crippen molar-refractivity contribution < 1.29 is 4.57 Å². The number of fused-ring (bicyclic) bond motifs is 7. The molecule has 0 aliphatic heterocycles. The first kappa shape index (κ1) is 26.7. The summed E-state index contributed by atoms with van der Waals surface area (Å²) in [5, 5.41) is 6.18. The number of rotatable bonds is 5. The maximum absolute atomic E-state index is 15.4. The van der Waals surface area contributed by atoms with Gasteiger partial charge in [-0.1, -0.05) is 133 Å². The van der Waals surface area contributed by atoms with Gasteiger partial charge in [0.1, 0.15) is 11.3 Å². The minimum atomic E-state index is -3.28. The Bertz CT molecular complexity index is 2560. The Morgan fingerprint density at radius 3 is 1.48 bits per heavy atom. The van der Waals surface area contributed by atoms with Crippen LogP contribution in [0.25, 0.3) is 55.1 Å². The van der Waals surface area contributed by atoms with Gasteiger partial charge in [0.15, 0.2) is 7.14 Å². The smallest absolute Gasteiger partial charge is 0.188 e. The zero-order valence-electron chi connectivity index (χ0n) is 24.9. The monoisotopic (exact) mass is 609 g/mol. The molecule has 0 bridgehead atoms. The summed E-state index contributed by atoms with van der Waals surface area (Å²) >= 11 is 0. The van der Waals surface area contributed by atoms with E-state index in [1.54, 1.807) is 0 Å². The van der Waals surface area contributed by atoms with Crippen LogP contribution in [0.4, 0.5) is 0 Å². The van der Waals surface area contributed by atoms with Crippen LogP contribution in [0.5, 0.6) is 0 Å². The van der Waals surface area contributed by atoms with Gasteiger partial charge < -0.3 is 9.13 Å². The minimum Gasteiger partial charge on any atom is -0.307 e. The molecule has 0 saturated carbocycles. The van der Waals surface area contributed by atoms with Crippen molar-refractivity contribution >= 4 is 66.8 Å². The van der Waals surface area contributed by atoms with Crippen molar-refractivity contribution in [3.63, 3.8) is 0 Å². The lowest BCUT2D eigenvalue weighted by Crippen LogP contribution is -2.27. The molecule has 9 rings (SSSR count). The molecule has 0 aliphatic carbocycles. The summed E-state index contributed by atoms with van der Waals surface area (Å²) in [4.78, 5) is 5.29. The van der Waals surface area contributed by atoms with Crippen molar-refractivity contribution in [3.8, 4) is 11.5 Å². The molecule has 9 aromatic rings. The Morgan fingerprint density at radius 1 is 0.413 bits per heavy atom. The molecular weight excluding hydrogens is 581 g/mol. The molecule has 0 spiro atoms. The van der Waals surface area contributed by atoms with Gasteiger partial charge in [0.2, 0.25) is 0 Å². The van der Waals surface area contributed by atoms with Crippen LogP contribution in [-0.4, -0.2) is 14.1 Å². The maximum atomic E-state index is 15.4. The van der Waals surface area contributed by atoms with E-state index in [4.69, 9.17) is 4.98 Å². The second-order valence-corrected chi connectivity index (χ2v) is 14.2. The van der Waals surface area contributed by atoms with E-state index in [1.807, 2.05) is 78.9 Å². The summed E-state index contributed by atoms with van der Waals surface area (Å²) in [5.74, 6) is 0.730. The number of hydrogen-bond acceptors (Lipinski definition) is 2. The Morgan fingerprint density at radius 2 is 0.891 bits per heavy atom. The minimum absolute atomic E-state index is 0.559. The Balaban J connectivity index is 1.42. The van der Waals surface area contributed by atoms with Crippen LogP contribution in [-0.2, 0) is 4.57 Å². The quantitative estimate of drug-likeness (QED) is 0.183. The number of hydrogen-bond donors (Lipinski definition) is 0. The average Bonchev–Trinajstić information content (AvgIpc) is 3.66. The largest absolute Gasteiger partial charge is 0.307 e. The molecule has 0 atom stereocenters. The molecular formula is C41H28N3OP. The number of nitrogens with zero attached hydrogens (tertiary/aromatic N) is 3. The standard InChI is InChI=1S/C41H28N3OP/c45-46(30-17-6-2-7-18-30,31-19-8-3-9-20-31)39-26-14-25-38(42-39)44-37-24-13-11-22-33(37)35-28-27-34-32-21-10-12-23-36(32)43(40(34)41(35)44)29-15-4-1-5-16-29/h1-28H. The summed E-state index contributed by atoms with van der Waals surface area (Å²) < 4.78 is 20.0. The van der Waals surface area contributed by atoms with Gasteiger partial charge in [-0.2, -0.15) is 0 Å². The van der Waals surface area contributed by atoms with Crippen LogP contribution in [0.3, 0.4) is 0 Å². The van der Waals surface area contributed by atoms with Gasteiger partial charge in [0.05, 0.1) is 22.1 Å². The molecule has 0 radical (unpaired) electrons. The molecule has 0 unspecified atom stereocenters. The van der Waals surface area contributed by atoms with Gasteiger partial charge in [-0.3, -0.25) is 4.57 Å². The van der Waals surface area contributed by atoms with Crippen LogP contribution in [0.2, 0.25) is 0 Å². The van der Waals surface area contributed by atoms with Crippen LogP contribution in [0, 0.1) is 0 Å². The highest BCUT2D eigenvalue weighted by molar-refractivity contribution is 7.85. The first-order chi connectivity index (χ1) is 22.7. The fourth-order valence-electron chi connectivity index (χ4n) is 6.99. The highest BCUT2D eigenvalue weighted by Gasteiger charge is 2.32. The Hall–Kier alpha value is -5.70. The normalized spacial score (nSPS) is 12.0. The Kier molecular flexibility index (Phi) is 6.06. The fraction of sp³-hybridized carbons (Fsp3) is 0. The predicted octanol–water partition coefficient (Wildman–Crippen LogP) is 8.92. The Labute approximate surface area is 266 Å². The zero-order valence-corrected chi connectivity index (χ0v) is 25.8. The van der Waals surface area contributed by atoms with Crippen LogP contribution in [0.1, 0.15) is 0 Å². The molecule has 3 aromatic heterocycles. The van der Waals surface area contributed by atoms with Gasteiger partial charge in [0.25, 0.3) is 0 Å².